The van der Waals surface area contributed by atoms with Crippen LogP contribution < -0.4 is 10.6 Å². The summed E-state index contributed by atoms with van der Waals surface area (Å²) in [6.45, 7) is 4.07. The first-order valence-corrected chi connectivity index (χ1v) is 8.18. The van der Waals surface area contributed by atoms with Crippen LogP contribution in [0.5, 0.6) is 0 Å². The molecule has 2 N–H and O–H groups in total. The van der Waals surface area contributed by atoms with Gasteiger partial charge in [0.25, 0.3) is 0 Å². The first-order valence-electron chi connectivity index (χ1n) is 8.18. The van der Waals surface area contributed by atoms with Crippen LogP contribution in [-0.4, -0.2) is 36.8 Å². The summed E-state index contributed by atoms with van der Waals surface area (Å²) in [5.41, 5.74) is 2.17. The molecule has 0 fully saturated rings. The Morgan fingerprint density at radius 1 is 1.20 bits per heavy atom. The number of pyridine rings is 1. The zero-order valence-corrected chi connectivity index (χ0v) is 14.4. The molecule has 130 valence electrons. The molecule has 8 nitrogen and oxygen atoms in total. The van der Waals surface area contributed by atoms with Gasteiger partial charge in [0.15, 0.2) is 5.96 Å². The maximum atomic E-state index is 4.65. The minimum absolute atomic E-state index is 0.560. The predicted molar refractivity (Wildman–Crippen MR) is 96.2 cm³/mol. The molecule has 0 radical (unpaired) electrons. The van der Waals surface area contributed by atoms with E-state index >= 15 is 0 Å². The Morgan fingerprint density at radius 2 is 2.12 bits per heavy atom. The molecule has 0 saturated carbocycles. The van der Waals surface area contributed by atoms with Crippen molar-refractivity contribution in [2.45, 2.75) is 20.0 Å². The normalized spacial score (nSPS) is 11.5. The van der Waals surface area contributed by atoms with Gasteiger partial charge in [-0.2, -0.15) is 5.10 Å². The molecule has 0 spiro atoms. The molecule has 3 aromatic heterocycles. The molecule has 0 aliphatic heterocycles. The molecule has 25 heavy (non-hydrogen) atoms. The summed E-state index contributed by atoms with van der Waals surface area (Å²) >= 11 is 0. The largest absolute Gasteiger partial charge is 0.357 e. The molecule has 0 aliphatic rings. The highest BCUT2D eigenvalue weighted by Gasteiger charge is 2.03. The van der Waals surface area contributed by atoms with Gasteiger partial charge in [-0.25, -0.2) is 15.0 Å². The molecule has 3 aromatic rings. The Bertz CT molecular complexity index is 819. The van der Waals surface area contributed by atoms with Crippen LogP contribution >= 0.6 is 0 Å². The van der Waals surface area contributed by atoms with E-state index in [-0.39, 0.29) is 0 Å². The highest BCUT2D eigenvalue weighted by Crippen LogP contribution is 2.08. The molecular weight excluding hydrogens is 316 g/mol. The molecule has 3 rings (SSSR count). The summed E-state index contributed by atoms with van der Waals surface area (Å²) in [6, 6.07) is 5.96. The summed E-state index contributed by atoms with van der Waals surface area (Å²) in [4.78, 5) is 13.1. The Hall–Kier alpha value is -3.16. The van der Waals surface area contributed by atoms with Crippen molar-refractivity contribution >= 4 is 5.96 Å². The molecule has 0 aromatic carbocycles. The lowest BCUT2D eigenvalue weighted by molar-refractivity contribution is 0.685. The van der Waals surface area contributed by atoms with E-state index in [4.69, 9.17) is 0 Å². The number of imidazole rings is 1. The van der Waals surface area contributed by atoms with E-state index < -0.39 is 0 Å². The SMILES string of the molecule is CCNC(=NCc1ccnc(-n2ccnc2)c1)NCc1ccnn1C. The van der Waals surface area contributed by atoms with Crippen molar-refractivity contribution in [3.63, 3.8) is 0 Å². The minimum atomic E-state index is 0.560. The zero-order chi connectivity index (χ0) is 17.5. The van der Waals surface area contributed by atoms with Crippen LogP contribution in [-0.2, 0) is 20.1 Å². The van der Waals surface area contributed by atoms with Gasteiger partial charge in [-0.3, -0.25) is 9.25 Å². The van der Waals surface area contributed by atoms with Crippen LogP contribution in [0.25, 0.3) is 5.82 Å². The second-order valence-corrected chi connectivity index (χ2v) is 5.49. The lowest BCUT2D eigenvalue weighted by atomic mass is 10.2. The third kappa shape index (κ3) is 4.43. The Kier molecular flexibility index (Phi) is 5.40. The van der Waals surface area contributed by atoms with Crippen LogP contribution in [0.15, 0.2) is 54.3 Å². The fourth-order valence-electron chi connectivity index (χ4n) is 2.36. The number of guanidine groups is 1. The Morgan fingerprint density at radius 3 is 2.84 bits per heavy atom. The third-order valence-corrected chi connectivity index (χ3v) is 3.70. The fourth-order valence-corrected chi connectivity index (χ4v) is 2.36. The van der Waals surface area contributed by atoms with E-state index in [0.29, 0.717) is 13.1 Å². The van der Waals surface area contributed by atoms with Gasteiger partial charge in [0.2, 0.25) is 0 Å². The van der Waals surface area contributed by atoms with E-state index in [1.54, 1.807) is 24.9 Å². The first kappa shape index (κ1) is 16.7. The predicted octanol–water partition coefficient (Wildman–Crippen LogP) is 1.26. The number of aliphatic imine (C=N–C) groups is 1. The average molecular weight is 338 g/mol. The average Bonchev–Trinajstić information content (AvgIpc) is 3.29. The number of nitrogens with one attached hydrogen (secondary N) is 2. The maximum Gasteiger partial charge on any atom is 0.191 e. The highest BCUT2D eigenvalue weighted by molar-refractivity contribution is 5.79. The van der Waals surface area contributed by atoms with E-state index in [2.05, 4.69) is 30.7 Å². The van der Waals surface area contributed by atoms with Gasteiger partial charge < -0.3 is 10.6 Å². The number of aryl methyl sites for hydroxylation is 1. The minimum Gasteiger partial charge on any atom is -0.357 e. The molecule has 0 unspecified atom stereocenters. The molecule has 3 heterocycles. The summed E-state index contributed by atoms with van der Waals surface area (Å²) in [7, 11) is 1.93. The quantitative estimate of drug-likeness (QED) is 0.522. The van der Waals surface area contributed by atoms with Gasteiger partial charge in [-0.1, -0.05) is 0 Å². The molecule has 0 saturated heterocycles. The van der Waals surface area contributed by atoms with Crippen LogP contribution in [0, 0.1) is 0 Å². The van der Waals surface area contributed by atoms with Gasteiger partial charge in [0.1, 0.15) is 12.1 Å². The van der Waals surface area contributed by atoms with E-state index in [1.165, 1.54) is 0 Å². The van der Waals surface area contributed by atoms with Crippen LogP contribution in [0.3, 0.4) is 0 Å². The van der Waals surface area contributed by atoms with Crippen LogP contribution in [0.4, 0.5) is 0 Å². The molecular formula is C17H22N8. The summed E-state index contributed by atoms with van der Waals surface area (Å²) < 4.78 is 3.72. The highest BCUT2D eigenvalue weighted by atomic mass is 15.3. The monoisotopic (exact) mass is 338 g/mol. The molecule has 0 bridgehead atoms. The van der Waals surface area contributed by atoms with E-state index in [0.717, 1.165) is 29.6 Å². The first-order chi connectivity index (χ1) is 12.3. The van der Waals surface area contributed by atoms with Crippen LogP contribution in [0.2, 0.25) is 0 Å². The molecule has 0 amide bonds. The lowest BCUT2D eigenvalue weighted by Crippen LogP contribution is -2.37. The smallest absolute Gasteiger partial charge is 0.191 e. The van der Waals surface area contributed by atoms with Crippen molar-refractivity contribution in [1.29, 1.82) is 0 Å². The third-order valence-electron chi connectivity index (χ3n) is 3.70. The van der Waals surface area contributed by atoms with Crippen LogP contribution in [0.1, 0.15) is 18.2 Å². The Labute approximate surface area is 146 Å². The van der Waals surface area contributed by atoms with Crippen molar-refractivity contribution in [3.05, 3.63) is 60.6 Å². The second kappa shape index (κ2) is 8.09. The molecule has 0 atom stereocenters. The van der Waals surface area contributed by atoms with E-state index in [9.17, 15) is 0 Å². The number of hydrogen-bond acceptors (Lipinski definition) is 4. The van der Waals surface area contributed by atoms with Crippen molar-refractivity contribution < 1.29 is 0 Å². The Balaban J connectivity index is 1.67. The summed E-state index contributed by atoms with van der Waals surface area (Å²) in [5.74, 6) is 1.60. The number of nitrogens with zero attached hydrogens (tertiary/aromatic N) is 6. The maximum absolute atomic E-state index is 4.65. The number of rotatable bonds is 6. The standard InChI is InChI=1S/C17H22N8/c1-3-19-17(22-12-15-5-7-23-24(15)2)21-11-14-4-6-20-16(10-14)25-9-8-18-13-25/h4-10,13H,3,11-12H2,1-2H3,(H2,19,21,22). The van der Waals surface area contributed by atoms with Gasteiger partial charge in [-0.05, 0) is 30.7 Å². The number of hydrogen-bond donors (Lipinski definition) is 2. The van der Waals surface area contributed by atoms with Crippen molar-refractivity contribution in [1.82, 2.24) is 34.9 Å². The molecule has 8 heteroatoms. The van der Waals surface area contributed by atoms with Gasteiger partial charge in [0.05, 0.1) is 18.8 Å². The van der Waals surface area contributed by atoms with Crippen molar-refractivity contribution in [2.75, 3.05) is 6.54 Å². The van der Waals surface area contributed by atoms with Crippen molar-refractivity contribution in [3.8, 4) is 5.82 Å². The van der Waals surface area contributed by atoms with Crippen molar-refractivity contribution in [2.24, 2.45) is 12.0 Å². The van der Waals surface area contributed by atoms with Gasteiger partial charge in [0, 0.05) is 38.4 Å². The number of aromatic nitrogens is 5. The second-order valence-electron chi connectivity index (χ2n) is 5.49. The lowest BCUT2D eigenvalue weighted by Gasteiger charge is -2.11. The summed E-state index contributed by atoms with van der Waals surface area (Å²) in [6.07, 6.45) is 8.91. The molecule has 0 aliphatic carbocycles. The van der Waals surface area contributed by atoms with Gasteiger partial charge in [-0.15, -0.1) is 0 Å². The topological polar surface area (TPSA) is 84.9 Å². The fraction of sp³-hybridized carbons (Fsp3) is 0.294. The van der Waals surface area contributed by atoms with Gasteiger partial charge >= 0.3 is 0 Å². The summed E-state index contributed by atoms with van der Waals surface area (Å²) in [5, 5.41) is 10.7. The van der Waals surface area contributed by atoms with E-state index in [1.807, 2.05) is 47.6 Å². The zero-order valence-electron chi connectivity index (χ0n) is 14.4.